The van der Waals surface area contributed by atoms with Crippen LogP contribution in [0.3, 0.4) is 0 Å². The van der Waals surface area contributed by atoms with Crippen molar-refractivity contribution in [1.29, 1.82) is 0 Å². The molecule has 4 N–H and O–H groups in total. The molecule has 5 heteroatoms. The third-order valence-electron chi connectivity index (χ3n) is 2.68. The lowest BCUT2D eigenvalue weighted by Crippen LogP contribution is -2.27. The van der Waals surface area contributed by atoms with Crippen LogP contribution in [0.15, 0.2) is 12.5 Å². The van der Waals surface area contributed by atoms with Crippen LogP contribution in [0.5, 0.6) is 0 Å². The van der Waals surface area contributed by atoms with Gasteiger partial charge < -0.3 is 16.2 Å². The van der Waals surface area contributed by atoms with E-state index in [0.29, 0.717) is 18.3 Å². The van der Waals surface area contributed by atoms with Gasteiger partial charge in [-0.05, 0) is 18.8 Å². The Kier molecular flexibility index (Phi) is 3.13. The van der Waals surface area contributed by atoms with Crippen molar-refractivity contribution in [3.63, 3.8) is 0 Å². The lowest BCUT2D eigenvalue weighted by molar-refractivity contribution is 0.280. The van der Waals surface area contributed by atoms with E-state index in [1.807, 2.05) is 0 Å². The molecule has 0 bridgehead atoms. The minimum atomic E-state index is 0.136. The minimum Gasteiger partial charge on any atom is -0.395 e. The summed E-state index contributed by atoms with van der Waals surface area (Å²) >= 11 is 0. The topological polar surface area (TPSA) is 84.1 Å². The molecule has 1 heterocycles. The molecule has 0 radical (unpaired) electrons. The number of aliphatic hydroxyl groups is 1. The molecular weight excluding hydrogens is 192 g/mol. The number of rotatable bonds is 5. The zero-order chi connectivity index (χ0) is 10.7. The van der Waals surface area contributed by atoms with E-state index in [1.165, 1.54) is 19.2 Å². The summed E-state index contributed by atoms with van der Waals surface area (Å²) in [6.07, 6.45) is 5.62. The average Bonchev–Trinajstić information content (AvgIpc) is 3.05. The average molecular weight is 208 g/mol. The first kappa shape index (κ1) is 10.3. The normalized spacial score (nSPS) is 17.7. The highest BCUT2D eigenvalue weighted by atomic mass is 16.3. The van der Waals surface area contributed by atoms with E-state index in [9.17, 15) is 0 Å². The van der Waals surface area contributed by atoms with Crippen LogP contribution in [0.4, 0.5) is 5.82 Å². The maximum absolute atomic E-state index is 8.81. The smallest absolute Gasteiger partial charge is 0.131 e. The van der Waals surface area contributed by atoms with Crippen LogP contribution in [0.1, 0.15) is 24.4 Å². The summed E-state index contributed by atoms with van der Waals surface area (Å²) < 4.78 is 0. The molecule has 0 spiro atoms. The zero-order valence-corrected chi connectivity index (χ0v) is 8.56. The van der Waals surface area contributed by atoms with Crippen molar-refractivity contribution in [3.8, 4) is 0 Å². The molecule has 1 unspecified atom stereocenters. The van der Waals surface area contributed by atoms with Gasteiger partial charge in [-0.1, -0.05) is 0 Å². The molecule has 1 fully saturated rings. The molecule has 1 atom stereocenters. The molecule has 1 aromatic rings. The predicted molar refractivity (Wildman–Crippen MR) is 57.0 cm³/mol. The molecule has 82 valence electrons. The highest BCUT2D eigenvalue weighted by Crippen LogP contribution is 2.41. The Morgan fingerprint density at radius 2 is 2.40 bits per heavy atom. The maximum Gasteiger partial charge on any atom is 0.131 e. The number of nitrogens with two attached hydrogens (primary N) is 1. The van der Waals surface area contributed by atoms with E-state index in [0.717, 1.165) is 5.56 Å². The molecule has 0 amide bonds. The van der Waals surface area contributed by atoms with Crippen LogP contribution in [0.25, 0.3) is 0 Å². The first-order valence-corrected chi connectivity index (χ1v) is 5.22. The van der Waals surface area contributed by atoms with Gasteiger partial charge in [0, 0.05) is 24.3 Å². The van der Waals surface area contributed by atoms with Crippen molar-refractivity contribution in [2.24, 2.45) is 5.92 Å². The van der Waals surface area contributed by atoms with Gasteiger partial charge in [0.25, 0.3) is 0 Å². The first-order chi connectivity index (χ1) is 7.33. The molecule has 1 saturated carbocycles. The van der Waals surface area contributed by atoms with Crippen LogP contribution in [-0.2, 0) is 0 Å². The second kappa shape index (κ2) is 4.55. The van der Waals surface area contributed by atoms with E-state index < -0.39 is 0 Å². The summed E-state index contributed by atoms with van der Waals surface area (Å²) in [4.78, 5) is 7.97. The number of aliphatic hydroxyl groups excluding tert-OH is 1. The van der Waals surface area contributed by atoms with Crippen LogP contribution in [-0.4, -0.2) is 28.2 Å². The number of hydrogen-bond donors (Lipinski definition) is 3. The molecule has 0 saturated heterocycles. The lowest BCUT2D eigenvalue weighted by atomic mass is 10.1. The van der Waals surface area contributed by atoms with Crippen molar-refractivity contribution in [2.75, 3.05) is 18.9 Å². The van der Waals surface area contributed by atoms with Crippen molar-refractivity contribution in [2.45, 2.75) is 18.9 Å². The molecule has 1 aromatic heterocycles. The summed E-state index contributed by atoms with van der Waals surface area (Å²) in [7, 11) is 0. The van der Waals surface area contributed by atoms with Gasteiger partial charge in [0.2, 0.25) is 0 Å². The van der Waals surface area contributed by atoms with Gasteiger partial charge in [0.15, 0.2) is 0 Å². The van der Waals surface area contributed by atoms with Gasteiger partial charge in [0.05, 0.1) is 6.61 Å². The summed E-state index contributed by atoms with van der Waals surface area (Å²) in [6.45, 7) is 0.715. The quantitative estimate of drug-likeness (QED) is 0.638. The Labute approximate surface area is 88.7 Å². The highest BCUT2D eigenvalue weighted by molar-refractivity contribution is 5.39. The predicted octanol–water partition coefficient (Wildman–Crippen LogP) is 0.0918. The van der Waals surface area contributed by atoms with Crippen LogP contribution < -0.4 is 11.1 Å². The number of nitrogen functional groups attached to an aromatic ring is 1. The van der Waals surface area contributed by atoms with E-state index in [2.05, 4.69) is 15.3 Å². The maximum atomic E-state index is 8.81. The van der Waals surface area contributed by atoms with Crippen molar-refractivity contribution < 1.29 is 5.11 Å². The van der Waals surface area contributed by atoms with Gasteiger partial charge in [-0.15, -0.1) is 0 Å². The first-order valence-electron chi connectivity index (χ1n) is 5.22. The standard InChI is InChI=1S/C10H16N4O/c11-10-8(5-12-6-14-10)9(7-1-2-7)13-3-4-15/h5-7,9,13,15H,1-4H2,(H2,11,12,14). The molecule has 0 aromatic carbocycles. The van der Waals surface area contributed by atoms with Crippen molar-refractivity contribution >= 4 is 5.82 Å². The third-order valence-corrected chi connectivity index (χ3v) is 2.68. The molecule has 15 heavy (non-hydrogen) atoms. The lowest BCUT2D eigenvalue weighted by Gasteiger charge is -2.18. The van der Waals surface area contributed by atoms with E-state index in [1.54, 1.807) is 6.20 Å². The summed E-state index contributed by atoms with van der Waals surface area (Å²) in [5, 5.41) is 12.1. The molecule has 1 aliphatic carbocycles. The molecule has 5 nitrogen and oxygen atoms in total. The largest absolute Gasteiger partial charge is 0.395 e. The van der Waals surface area contributed by atoms with Crippen molar-refractivity contribution in [1.82, 2.24) is 15.3 Å². The Balaban J connectivity index is 2.13. The second-order valence-corrected chi connectivity index (χ2v) is 3.86. The van der Waals surface area contributed by atoms with Gasteiger partial charge in [-0.2, -0.15) is 0 Å². The van der Waals surface area contributed by atoms with Gasteiger partial charge >= 0.3 is 0 Å². The Bertz CT molecular complexity index is 327. The zero-order valence-electron chi connectivity index (χ0n) is 8.56. The summed E-state index contributed by atoms with van der Waals surface area (Å²) in [5.74, 6) is 1.15. The van der Waals surface area contributed by atoms with Crippen LogP contribution in [0.2, 0.25) is 0 Å². The SMILES string of the molecule is Nc1ncncc1C(NCCO)C1CC1. The summed E-state index contributed by atoms with van der Waals surface area (Å²) in [6, 6.07) is 0.193. The Morgan fingerprint density at radius 1 is 1.60 bits per heavy atom. The molecule has 1 aliphatic rings. The van der Waals surface area contributed by atoms with Crippen LogP contribution in [0, 0.1) is 5.92 Å². The van der Waals surface area contributed by atoms with Gasteiger partial charge in [0.1, 0.15) is 12.1 Å². The molecular formula is C10H16N4O. The number of nitrogens with one attached hydrogen (secondary N) is 1. The van der Waals surface area contributed by atoms with Gasteiger partial charge in [-0.3, -0.25) is 0 Å². The highest BCUT2D eigenvalue weighted by Gasteiger charge is 2.33. The number of anilines is 1. The Hall–Kier alpha value is -1.20. The fourth-order valence-electron chi connectivity index (χ4n) is 1.77. The van der Waals surface area contributed by atoms with Crippen molar-refractivity contribution in [3.05, 3.63) is 18.1 Å². The van der Waals surface area contributed by atoms with E-state index in [-0.39, 0.29) is 12.6 Å². The minimum absolute atomic E-state index is 0.136. The fraction of sp³-hybridized carbons (Fsp3) is 0.600. The number of nitrogens with zero attached hydrogens (tertiary/aromatic N) is 2. The van der Waals surface area contributed by atoms with E-state index in [4.69, 9.17) is 10.8 Å². The third kappa shape index (κ3) is 2.43. The second-order valence-electron chi connectivity index (χ2n) is 3.86. The molecule has 2 rings (SSSR count). The van der Waals surface area contributed by atoms with E-state index >= 15 is 0 Å². The number of aromatic nitrogens is 2. The monoisotopic (exact) mass is 208 g/mol. The summed E-state index contributed by atoms with van der Waals surface area (Å²) in [5.41, 5.74) is 6.76. The Morgan fingerprint density at radius 3 is 3.00 bits per heavy atom. The molecule has 0 aliphatic heterocycles. The number of hydrogen-bond acceptors (Lipinski definition) is 5. The van der Waals surface area contributed by atoms with Crippen LogP contribution >= 0.6 is 0 Å². The fourth-order valence-corrected chi connectivity index (χ4v) is 1.77. The van der Waals surface area contributed by atoms with Gasteiger partial charge in [-0.25, -0.2) is 9.97 Å².